The summed E-state index contributed by atoms with van der Waals surface area (Å²) in [4.78, 5) is 11.8. The Morgan fingerprint density at radius 1 is 1.29 bits per heavy atom. The van der Waals surface area contributed by atoms with Crippen molar-refractivity contribution in [2.45, 2.75) is 51.6 Å². The number of rotatable bonds is 6. The molecule has 1 unspecified atom stereocenters. The Morgan fingerprint density at radius 3 is 2.47 bits per heavy atom. The van der Waals surface area contributed by atoms with Crippen molar-refractivity contribution in [3.63, 3.8) is 0 Å². The summed E-state index contributed by atoms with van der Waals surface area (Å²) in [6.45, 7) is 2.06. The van der Waals surface area contributed by atoms with E-state index in [1.807, 2.05) is 6.92 Å². The first-order valence-corrected chi connectivity index (χ1v) is 6.25. The molecule has 1 heterocycles. The molecule has 0 amide bonds. The average Bonchev–Trinajstić information content (AvgIpc) is 2.73. The molecular weight excluding hydrogens is 231 g/mol. The van der Waals surface area contributed by atoms with E-state index in [1.165, 1.54) is 0 Å². The van der Waals surface area contributed by atoms with Crippen LogP contribution in [0, 0.1) is 5.41 Å². The molecule has 0 spiro atoms. The number of halogens is 3. The lowest BCUT2D eigenvalue weighted by Gasteiger charge is -2.29. The van der Waals surface area contributed by atoms with Crippen LogP contribution in [0.15, 0.2) is 0 Å². The Hall–Kier alpha value is -0.580. The predicted molar refractivity (Wildman–Crippen MR) is 59.7 cm³/mol. The Labute approximate surface area is 100.0 Å². The second kappa shape index (κ2) is 5.85. The van der Waals surface area contributed by atoms with E-state index in [4.69, 9.17) is 0 Å². The van der Waals surface area contributed by atoms with Crippen LogP contribution in [-0.4, -0.2) is 25.0 Å². The van der Waals surface area contributed by atoms with E-state index in [9.17, 15) is 18.0 Å². The Bertz CT molecular complexity index is 257. The predicted octanol–water partition coefficient (Wildman–Crippen LogP) is 3.07. The highest BCUT2D eigenvalue weighted by Gasteiger charge is 2.60. The number of carbonyl (C=O) groups excluding carboxylic acids is 1. The van der Waals surface area contributed by atoms with E-state index in [2.05, 4.69) is 5.32 Å². The van der Waals surface area contributed by atoms with Gasteiger partial charge >= 0.3 is 6.18 Å². The number of hydrogen-bond donors (Lipinski definition) is 1. The summed E-state index contributed by atoms with van der Waals surface area (Å²) in [6, 6.07) is 0. The fraction of sp³-hybridized carbons (Fsp3) is 0.917. The Balaban J connectivity index is 2.56. The largest absolute Gasteiger partial charge is 0.402 e. The lowest BCUT2D eigenvalue weighted by Crippen LogP contribution is -2.46. The van der Waals surface area contributed by atoms with E-state index in [1.54, 1.807) is 0 Å². The molecule has 0 aromatic carbocycles. The van der Waals surface area contributed by atoms with Gasteiger partial charge in [0.1, 0.15) is 11.2 Å². The molecule has 0 aromatic heterocycles. The van der Waals surface area contributed by atoms with Crippen LogP contribution in [0.4, 0.5) is 13.2 Å². The van der Waals surface area contributed by atoms with E-state index in [0.29, 0.717) is 6.42 Å². The van der Waals surface area contributed by atoms with Crippen molar-refractivity contribution in [2.75, 3.05) is 13.1 Å². The van der Waals surface area contributed by atoms with Crippen molar-refractivity contribution in [3.8, 4) is 0 Å². The normalized spacial score (nSPS) is 25.2. The summed E-state index contributed by atoms with van der Waals surface area (Å²) >= 11 is 0. The highest BCUT2D eigenvalue weighted by atomic mass is 19.4. The molecule has 0 bridgehead atoms. The van der Waals surface area contributed by atoms with Crippen LogP contribution >= 0.6 is 0 Å². The third kappa shape index (κ3) is 3.21. The quantitative estimate of drug-likeness (QED) is 0.735. The molecule has 0 saturated carbocycles. The maximum absolute atomic E-state index is 13.0. The van der Waals surface area contributed by atoms with Gasteiger partial charge in [-0.15, -0.1) is 0 Å². The topological polar surface area (TPSA) is 29.1 Å². The first-order valence-electron chi connectivity index (χ1n) is 6.25. The van der Waals surface area contributed by atoms with Gasteiger partial charge in [0.15, 0.2) is 0 Å². The number of hydrogen-bond acceptors (Lipinski definition) is 2. The zero-order valence-electron chi connectivity index (χ0n) is 10.2. The second-order valence-corrected chi connectivity index (χ2v) is 4.74. The number of nitrogens with one attached hydrogen (secondary N) is 1. The Kier molecular flexibility index (Phi) is 4.98. The molecule has 1 fully saturated rings. The maximum Gasteiger partial charge on any atom is 0.402 e. The molecule has 1 aliphatic heterocycles. The summed E-state index contributed by atoms with van der Waals surface area (Å²) in [7, 11) is 0. The van der Waals surface area contributed by atoms with Gasteiger partial charge in [-0.1, -0.05) is 26.2 Å². The van der Waals surface area contributed by atoms with Gasteiger partial charge in [-0.3, -0.25) is 4.79 Å². The molecular formula is C12H20F3NO. The summed E-state index contributed by atoms with van der Waals surface area (Å²) in [5.41, 5.74) is -2.11. The third-order valence-electron chi connectivity index (χ3n) is 3.49. The molecule has 1 rings (SSSR count). The molecule has 100 valence electrons. The molecule has 1 N–H and O–H groups in total. The van der Waals surface area contributed by atoms with E-state index in [-0.39, 0.29) is 25.9 Å². The van der Waals surface area contributed by atoms with Crippen molar-refractivity contribution >= 4 is 5.78 Å². The fourth-order valence-corrected chi connectivity index (χ4v) is 2.28. The molecule has 1 aliphatic rings. The lowest BCUT2D eigenvalue weighted by molar-refractivity contribution is -0.214. The van der Waals surface area contributed by atoms with E-state index in [0.717, 1.165) is 19.3 Å². The number of Topliss-reactive ketones (excluding diaryl/α,β-unsaturated/α-hetero) is 1. The van der Waals surface area contributed by atoms with Crippen molar-refractivity contribution in [2.24, 2.45) is 5.41 Å². The van der Waals surface area contributed by atoms with Crippen molar-refractivity contribution < 1.29 is 18.0 Å². The zero-order chi connectivity index (χ0) is 12.9. The van der Waals surface area contributed by atoms with Gasteiger partial charge in [0, 0.05) is 13.0 Å². The zero-order valence-corrected chi connectivity index (χ0v) is 10.2. The van der Waals surface area contributed by atoms with Gasteiger partial charge in [-0.2, -0.15) is 13.2 Å². The van der Waals surface area contributed by atoms with Gasteiger partial charge in [0.05, 0.1) is 0 Å². The summed E-state index contributed by atoms with van der Waals surface area (Å²) < 4.78 is 38.9. The van der Waals surface area contributed by atoms with Crippen LogP contribution in [0.25, 0.3) is 0 Å². The van der Waals surface area contributed by atoms with Crippen molar-refractivity contribution in [3.05, 3.63) is 0 Å². The van der Waals surface area contributed by atoms with Crippen molar-refractivity contribution in [1.29, 1.82) is 0 Å². The lowest BCUT2D eigenvalue weighted by atomic mass is 9.79. The van der Waals surface area contributed by atoms with Crippen LogP contribution in [0.5, 0.6) is 0 Å². The van der Waals surface area contributed by atoms with Crippen LogP contribution in [0.2, 0.25) is 0 Å². The molecule has 1 saturated heterocycles. The summed E-state index contributed by atoms with van der Waals surface area (Å²) in [5, 5.41) is 2.66. The van der Waals surface area contributed by atoms with Crippen molar-refractivity contribution in [1.82, 2.24) is 5.32 Å². The van der Waals surface area contributed by atoms with Crippen LogP contribution in [0.1, 0.15) is 45.4 Å². The molecule has 0 aliphatic carbocycles. The minimum Gasteiger partial charge on any atom is -0.315 e. The smallest absolute Gasteiger partial charge is 0.315 e. The third-order valence-corrected chi connectivity index (χ3v) is 3.49. The van der Waals surface area contributed by atoms with Gasteiger partial charge in [0.2, 0.25) is 0 Å². The highest BCUT2D eigenvalue weighted by Crippen LogP contribution is 2.44. The van der Waals surface area contributed by atoms with Gasteiger partial charge in [0.25, 0.3) is 0 Å². The van der Waals surface area contributed by atoms with Crippen LogP contribution < -0.4 is 5.32 Å². The summed E-state index contributed by atoms with van der Waals surface area (Å²) in [6.07, 6.45) is -1.07. The second-order valence-electron chi connectivity index (χ2n) is 4.74. The number of carbonyl (C=O) groups is 1. The fourth-order valence-electron chi connectivity index (χ4n) is 2.28. The molecule has 2 nitrogen and oxygen atoms in total. The molecule has 5 heteroatoms. The first kappa shape index (κ1) is 14.5. The number of ketones is 1. The minimum atomic E-state index is -4.42. The maximum atomic E-state index is 13.0. The average molecular weight is 251 g/mol. The van der Waals surface area contributed by atoms with Gasteiger partial charge in [-0.05, 0) is 19.4 Å². The first-order chi connectivity index (χ1) is 7.94. The standard InChI is InChI=1S/C12H20F3NO/c1-2-3-4-5-6-10(17)11(12(13,14)15)7-8-16-9-11/h16H,2-9H2,1H3. The molecule has 17 heavy (non-hydrogen) atoms. The number of alkyl halides is 3. The van der Waals surface area contributed by atoms with Crippen LogP contribution in [-0.2, 0) is 4.79 Å². The highest BCUT2D eigenvalue weighted by molar-refractivity contribution is 5.86. The van der Waals surface area contributed by atoms with E-state index < -0.39 is 17.4 Å². The Morgan fingerprint density at radius 2 is 2.00 bits per heavy atom. The monoisotopic (exact) mass is 251 g/mol. The van der Waals surface area contributed by atoms with E-state index >= 15 is 0 Å². The molecule has 0 aromatic rings. The van der Waals surface area contributed by atoms with Gasteiger partial charge in [-0.25, -0.2) is 0 Å². The van der Waals surface area contributed by atoms with Gasteiger partial charge < -0.3 is 5.32 Å². The van der Waals surface area contributed by atoms with Crippen LogP contribution in [0.3, 0.4) is 0 Å². The minimum absolute atomic E-state index is 0.0567. The summed E-state index contributed by atoms with van der Waals surface area (Å²) in [5.74, 6) is -0.633. The molecule has 1 atom stereocenters. The SMILES string of the molecule is CCCCCCC(=O)C1(C(F)(F)F)CCNC1. The molecule has 0 radical (unpaired) electrons. The number of unbranched alkanes of at least 4 members (excludes halogenated alkanes) is 3.